The molecule has 4 nitrogen and oxygen atoms in total. The molecule has 0 aliphatic carbocycles. The molecule has 96 valence electrons. The van der Waals surface area contributed by atoms with E-state index < -0.39 is 0 Å². The molecule has 19 heavy (non-hydrogen) atoms. The average Bonchev–Trinajstić information content (AvgIpc) is 2.92. The summed E-state index contributed by atoms with van der Waals surface area (Å²) in [5, 5.41) is 5.63. The Bertz CT molecular complexity index is 682. The molecule has 0 fully saturated rings. The van der Waals surface area contributed by atoms with Gasteiger partial charge in [0.2, 0.25) is 0 Å². The van der Waals surface area contributed by atoms with Crippen LogP contribution in [-0.4, -0.2) is 21.4 Å². The fourth-order valence-corrected chi connectivity index (χ4v) is 2.01. The van der Waals surface area contributed by atoms with Gasteiger partial charge in [-0.3, -0.25) is 4.68 Å². The molecule has 0 aliphatic heterocycles. The van der Waals surface area contributed by atoms with Crippen LogP contribution in [0.15, 0.2) is 48.8 Å². The van der Waals surface area contributed by atoms with Crippen molar-refractivity contribution in [1.82, 2.24) is 14.8 Å². The summed E-state index contributed by atoms with van der Waals surface area (Å²) in [6.07, 6.45) is 3.67. The van der Waals surface area contributed by atoms with E-state index in [0.717, 1.165) is 23.2 Å². The van der Waals surface area contributed by atoms with Gasteiger partial charge in [-0.15, -0.1) is 0 Å². The lowest BCUT2D eigenvalue weighted by molar-refractivity contribution is 0.291. The van der Waals surface area contributed by atoms with Gasteiger partial charge in [-0.25, -0.2) is 4.98 Å². The van der Waals surface area contributed by atoms with Crippen LogP contribution in [0.2, 0.25) is 5.15 Å². The van der Waals surface area contributed by atoms with Crippen LogP contribution in [-0.2, 0) is 6.54 Å². The summed E-state index contributed by atoms with van der Waals surface area (Å²) >= 11 is 5.85. The van der Waals surface area contributed by atoms with E-state index in [0.29, 0.717) is 11.8 Å². The van der Waals surface area contributed by atoms with Crippen LogP contribution in [0.4, 0.5) is 0 Å². The summed E-state index contributed by atoms with van der Waals surface area (Å²) in [6.45, 7) is 1.30. The van der Waals surface area contributed by atoms with E-state index in [4.69, 9.17) is 16.3 Å². The van der Waals surface area contributed by atoms with Gasteiger partial charge in [0.15, 0.2) is 0 Å². The Morgan fingerprint density at radius 1 is 1.21 bits per heavy atom. The van der Waals surface area contributed by atoms with E-state index in [1.165, 1.54) is 0 Å². The number of hydrogen-bond donors (Lipinski definition) is 0. The highest BCUT2D eigenvalue weighted by Gasteiger charge is 2.00. The minimum Gasteiger partial charge on any atom is -0.492 e. The van der Waals surface area contributed by atoms with Gasteiger partial charge in [-0.05, 0) is 36.4 Å². The van der Waals surface area contributed by atoms with Crippen LogP contribution >= 0.6 is 11.6 Å². The molecular weight excluding hydrogens is 262 g/mol. The van der Waals surface area contributed by atoms with Crippen LogP contribution in [0.25, 0.3) is 10.9 Å². The van der Waals surface area contributed by atoms with Gasteiger partial charge < -0.3 is 4.74 Å². The molecule has 0 amide bonds. The van der Waals surface area contributed by atoms with E-state index in [1.54, 1.807) is 12.3 Å². The molecular formula is C14H12ClN3O. The van der Waals surface area contributed by atoms with Gasteiger partial charge in [0.25, 0.3) is 0 Å². The Hall–Kier alpha value is -2.07. The van der Waals surface area contributed by atoms with E-state index >= 15 is 0 Å². The molecule has 0 saturated heterocycles. The van der Waals surface area contributed by atoms with Gasteiger partial charge >= 0.3 is 0 Å². The fourth-order valence-electron chi connectivity index (χ4n) is 1.86. The Balaban J connectivity index is 1.69. The number of benzene rings is 1. The molecule has 0 radical (unpaired) electrons. The quantitative estimate of drug-likeness (QED) is 0.686. The predicted octanol–water partition coefficient (Wildman–Crippen LogP) is 3.16. The SMILES string of the molecule is Clc1ccc2cc(OCCn3cccn3)ccc2n1. The Labute approximate surface area is 115 Å². The Morgan fingerprint density at radius 3 is 3.00 bits per heavy atom. The lowest BCUT2D eigenvalue weighted by Crippen LogP contribution is -2.08. The second-order valence-corrected chi connectivity index (χ2v) is 4.49. The van der Waals surface area contributed by atoms with Gasteiger partial charge in [-0.2, -0.15) is 5.10 Å². The highest BCUT2D eigenvalue weighted by Crippen LogP contribution is 2.21. The average molecular weight is 274 g/mol. The maximum absolute atomic E-state index is 5.85. The standard InChI is InChI=1S/C14H12ClN3O/c15-14-5-2-11-10-12(3-4-13(11)17-14)19-9-8-18-7-1-6-16-18/h1-7,10H,8-9H2. The van der Waals surface area contributed by atoms with Crippen molar-refractivity contribution < 1.29 is 4.74 Å². The van der Waals surface area contributed by atoms with Gasteiger partial charge in [0.1, 0.15) is 17.5 Å². The lowest BCUT2D eigenvalue weighted by Gasteiger charge is -2.07. The van der Waals surface area contributed by atoms with Crippen molar-refractivity contribution in [2.24, 2.45) is 0 Å². The maximum Gasteiger partial charge on any atom is 0.129 e. The van der Waals surface area contributed by atoms with E-state index in [2.05, 4.69) is 10.1 Å². The number of halogens is 1. The minimum absolute atomic E-state index is 0.500. The van der Waals surface area contributed by atoms with Crippen LogP contribution in [0.1, 0.15) is 0 Å². The van der Waals surface area contributed by atoms with Gasteiger partial charge in [-0.1, -0.05) is 11.6 Å². The number of fused-ring (bicyclic) bond motifs is 1. The Morgan fingerprint density at radius 2 is 2.16 bits per heavy atom. The first-order valence-electron chi connectivity index (χ1n) is 5.98. The van der Waals surface area contributed by atoms with Crippen molar-refractivity contribution in [3.8, 4) is 5.75 Å². The summed E-state index contributed by atoms with van der Waals surface area (Å²) in [7, 11) is 0. The van der Waals surface area contributed by atoms with Crippen molar-refractivity contribution >= 4 is 22.5 Å². The second-order valence-electron chi connectivity index (χ2n) is 4.11. The number of aromatic nitrogens is 3. The van der Waals surface area contributed by atoms with Crippen LogP contribution < -0.4 is 4.74 Å². The maximum atomic E-state index is 5.85. The molecule has 0 aliphatic rings. The van der Waals surface area contributed by atoms with E-state index in [1.807, 2.05) is 41.2 Å². The fraction of sp³-hybridized carbons (Fsp3) is 0.143. The van der Waals surface area contributed by atoms with Crippen molar-refractivity contribution in [1.29, 1.82) is 0 Å². The van der Waals surface area contributed by atoms with Crippen molar-refractivity contribution in [3.63, 3.8) is 0 Å². The highest BCUT2D eigenvalue weighted by atomic mass is 35.5. The molecule has 5 heteroatoms. The largest absolute Gasteiger partial charge is 0.492 e. The monoisotopic (exact) mass is 273 g/mol. The van der Waals surface area contributed by atoms with Gasteiger partial charge in [0.05, 0.1) is 12.1 Å². The number of pyridine rings is 1. The molecule has 0 saturated carbocycles. The first-order valence-corrected chi connectivity index (χ1v) is 6.35. The molecule has 0 spiro atoms. The number of nitrogens with zero attached hydrogens (tertiary/aromatic N) is 3. The lowest BCUT2D eigenvalue weighted by atomic mass is 10.2. The molecule has 1 aromatic carbocycles. The zero-order valence-corrected chi connectivity index (χ0v) is 10.9. The van der Waals surface area contributed by atoms with Crippen LogP contribution in [0.3, 0.4) is 0 Å². The van der Waals surface area contributed by atoms with E-state index in [-0.39, 0.29) is 0 Å². The summed E-state index contributed by atoms with van der Waals surface area (Å²) in [4.78, 5) is 4.23. The summed E-state index contributed by atoms with van der Waals surface area (Å²) in [6, 6.07) is 11.4. The van der Waals surface area contributed by atoms with Crippen LogP contribution in [0.5, 0.6) is 5.75 Å². The van der Waals surface area contributed by atoms with Gasteiger partial charge in [0, 0.05) is 17.8 Å². The predicted molar refractivity (Wildman–Crippen MR) is 74.5 cm³/mol. The van der Waals surface area contributed by atoms with Crippen molar-refractivity contribution in [2.45, 2.75) is 6.54 Å². The Kier molecular flexibility index (Phi) is 3.33. The van der Waals surface area contributed by atoms with E-state index in [9.17, 15) is 0 Å². The summed E-state index contributed by atoms with van der Waals surface area (Å²) in [5.74, 6) is 0.823. The molecule has 0 N–H and O–H groups in total. The third-order valence-corrected chi connectivity index (χ3v) is 2.99. The molecule has 2 heterocycles. The summed E-state index contributed by atoms with van der Waals surface area (Å²) < 4.78 is 7.53. The zero-order chi connectivity index (χ0) is 13.1. The topological polar surface area (TPSA) is 39.9 Å². The smallest absolute Gasteiger partial charge is 0.129 e. The van der Waals surface area contributed by atoms with Crippen molar-refractivity contribution in [2.75, 3.05) is 6.61 Å². The zero-order valence-electron chi connectivity index (χ0n) is 10.2. The molecule has 3 aromatic rings. The molecule has 0 unspecified atom stereocenters. The highest BCUT2D eigenvalue weighted by molar-refractivity contribution is 6.29. The molecule has 3 rings (SSSR count). The number of ether oxygens (including phenoxy) is 1. The third kappa shape index (κ3) is 2.85. The first kappa shape index (κ1) is 12.0. The second kappa shape index (κ2) is 5.28. The minimum atomic E-state index is 0.500. The number of rotatable bonds is 4. The summed E-state index contributed by atoms with van der Waals surface area (Å²) in [5.41, 5.74) is 0.868. The number of hydrogen-bond acceptors (Lipinski definition) is 3. The van der Waals surface area contributed by atoms with Crippen LogP contribution in [0, 0.1) is 0 Å². The molecule has 0 atom stereocenters. The molecule has 2 aromatic heterocycles. The van der Waals surface area contributed by atoms with Crippen molar-refractivity contribution in [3.05, 3.63) is 53.9 Å². The normalized spacial score (nSPS) is 10.8. The third-order valence-electron chi connectivity index (χ3n) is 2.77. The molecule has 0 bridgehead atoms. The first-order chi connectivity index (χ1) is 9.31.